The second-order valence-electron chi connectivity index (χ2n) is 8.06. The van der Waals surface area contributed by atoms with Crippen LogP contribution in [0.2, 0.25) is 0 Å². The lowest BCUT2D eigenvalue weighted by molar-refractivity contribution is 0.100. The maximum absolute atomic E-state index is 14.2. The molecule has 0 radical (unpaired) electrons. The Balaban J connectivity index is 1.82. The SMILES string of the molecule is Cc1c(N(C(=O)c2cccnc2)S(=O)(=O)c2cccc3cccnc23)c(=O)n(-c2ccccc2)n1C. The van der Waals surface area contributed by atoms with Crippen LogP contribution in [-0.4, -0.2) is 33.7 Å². The summed E-state index contributed by atoms with van der Waals surface area (Å²) in [6, 6.07) is 19.9. The van der Waals surface area contributed by atoms with E-state index in [0.717, 1.165) is 0 Å². The van der Waals surface area contributed by atoms with Crippen molar-refractivity contribution in [1.82, 2.24) is 19.3 Å². The van der Waals surface area contributed by atoms with Gasteiger partial charge in [-0.3, -0.25) is 24.2 Å². The van der Waals surface area contributed by atoms with Crippen molar-refractivity contribution in [3.63, 3.8) is 0 Å². The highest BCUT2D eigenvalue weighted by atomic mass is 32.2. The number of nitrogens with zero attached hydrogens (tertiary/aromatic N) is 5. The zero-order valence-corrected chi connectivity index (χ0v) is 20.3. The van der Waals surface area contributed by atoms with Crippen molar-refractivity contribution >= 4 is 32.5 Å². The lowest BCUT2D eigenvalue weighted by Gasteiger charge is -2.22. The minimum absolute atomic E-state index is 0.0168. The summed E-state index contributed by atoms with van der Waals surface area (Å²) >= 11 is 0. The van der Waals surface area contributed by atoms with Gasteiger partial charge in [-0.05, 0) is 43.3 Å². The fourth-order valence-electron chi connectivity index (χ4n) is 4.11. The molecule has 0 spiro atoms. The number of hydrogen-bond acceptors (Lipinski definition) is 6. The molecule has 0 saturated heterocycles. The molecular formula is C26H21N5O4S. The molecule has 0 aliphatic carbocycles. The number of amides is 1. The molecule has 0 fully saturated rings. The normalized spacial score (nSPS) is 11.5. The Hall–Kier alpha value is -4.57. The highest BCUT2D eigenvalue weighted by molar-refractivity contribution is 7.93. The summed E-state index contributed by atoms with van der Waals surface area (Å²) in [5.41, 5.74) is 0.0951. The lowest BCUT2D eigenvalue weighted by Crippen LogP contribution is -2.40. The summed E-state index contributed by atoms with van der Waals surface area (Å²) < 4.78 is 31.8. The second-order valence-corrected chi connectivity index (χ2v) is 9.81. The standard InChI is InChI=1S/C26H21N5O4S/c1-18-24(26(33)30(29(18)2)21-12-4-3-5-13-21)31(25(32)20-11-7-15-27-17-20)36(34,35)22-14-6-9-19-10-8-16-28-23(19)22/h3-17H,1-2H3. The molecule has 3 aromatic heterocycles. The summed E-state index contributed by atoms with van der Waals surface area (Å²) in [4.78, 5) is 35.6. The van der Waals surface area contributed by atoms with E-state index < -0.39 is 21.5 Å². The smallest absolute Gasteiger partial charge is 0.283 e. The van der Waals surface area contributed by atoms with Gasteiger partial charge in [0, 0.05) is 31.0 Å². The van der Waals surface area contributed by atoms with Crippen molar-refractivity contribution < 1.29 is 13.2 Å². The first-order valence-electron chi connectivity index (χ1n) is 11.0. The van der Waals surface area contributed by atoms with Gasteiger partial charge >= 0.3 is 0 Å². The van der Waals surface area contributed by atoms with E-state index >= 15 is 0 Å². The van der Waals surface area contributed by atoms with Gasteiger partial charge in [0.15, 0.2) is 0 Å². The molecule has 0 atom stereocenters. The van der Waals surface area contributed by atoms with E-state index in [9.17, 15) is 18.0 Å². The van der Waals surface area contributed by atoms with Crippen molar-refractivity contribution in [2.75, 3.05) is 4.31 Å². The minimum atomic E-state index is -4.59. The molecule has 36 heavy (non-hydrogen) atoms. The highest BCUT2D eigenvalue weighted by Crippen LogP contribution is 2.30. The van der Waals surface area contributed by atoms with Crippen LogP contribution < -0.4 is 9.86 Å². The summed E-state index contributed by atoms with van der Waals surface area (Å²) in [5, 5.41) is 0.582. The van der Waals surface area contributed by atoms with Gasteiger partial charge in [-0.2, -0.15) is 4.31 Å². The summed E-state index contributed by atoms with van der Waals surface area (Å²) in [5.74, 6) is -0.901. The van der Waals surface area contributed by atoms with Crippen LogP contribution in [0.1, 0.15) is 16.1 Å². The molecule has 10 heteroatoms. The predicted molar refractivity (Wildman–Crippen MR) is 136 cm³/mol. The third-order valence-corrected chi connectivity index (χ3v) is 7.65. The number of benzene rings is 2. The Bertz CT molecular complexity index is 1760. The fourth-order valence-corrected chi connectivity index (χ4v) is 5.74. The molecule has 0 saturated carbocycles. The van der Waals surface area contributed by atoms with Gasteiger partial charge in [-0.15, -0.1) is 0 Å². The molecule has 1 amide bonds. The molecule has 0 N–H and O–H groups in total. The largest absolute Gasteiger partial charge is 0.296 e. The molecule has 9 nitrogen and oxygen atoms in total. The molecule has 0 aliphatic heterocycles. The van der Waals surface area contributed by atoms with Gasteiger partial charge in [0.25, 0.3) is 21.5 Å². The molecule has 180 valence electrons. The van der Waals surface area contributed by atoms with Crippen LogP contribution in [0.3, 0.4) is 0 Å². The second kappa shape index (κ2) is 8.90. The number of anilines is 1. The first-order chi connectivity index (χ1) is 17.3. The van der Waals surface area contributed by atoms with Crippen molar-refractivity contribution in [1.29, 1.82) is 0 Å². The van der Waals surface area contributed by atoms with Crippen molar-refractivity contribution in [2.45, 2.75) is 11.8 Å². The number of hydrogen-bond donors (Lipinski definition) is 0. The van der Waals surface area contributed by atoms with Gasteiger partial charge in [-0.25, -0.2) is 13.1 Å². The fraction of sp³-hybridized carbons (Fsp3) is 0.0769. The summed E-state index contributed by atoms with van der Waals surface area (Å²) in [6.45, 7) is 1.59. The lowest BCUT2D eigenvalue weighted by atomic mass is 10.2. The van der Waals surface area contributed by atoms with E-state index in [1.54, 1.807) is 68.6 Å². The van der Waals surface area contributed by atoms with Crippen LogP contribution in [0.25, 0.3) is 16.6 Å². The van der Waals surface area contributed by atoms with Gasteiger partial charge in [0.1, 0.15) is 10.6 Å². The van der Waals surface area contributed by atoms with Crippen LogP contribution in [0.4, 0.5) is 5.69 Å². The van der Waals surface area contributed by atoms with E-state index in [4.69, 9.17) is 0 Å². The Morgan fingerprint density at radius 1 is 0.917 bits per heavy atom. The molecule has 0 aliphatic rings. The Kier molecular flexibility index (Phi) is 5.73. The molecule has 2 aromatic carbocycles. The highest BCUT2D eigenvalue weighted by Gasteiger charge is 2.38. The first-order valence-corrected chi connectivity index (χ1v) is 12.4. The number of pyridine rings is 2. The maximum atomic E-state index is 14.2. The number of carbonyl (C=O) groups is 1. The van der Waals surface area contributed by atoms with E-state index in [0.29, 0.717) is 15.4 Å². The van der Waals surface area contributed by atoms with E-state index in [1.165, 1.54) is 46.2 Å². The van der Waals surface area contributed by atoms with Crippen LogP contribution in [0, 0.1) is 6.92 Å². The predicted octanol–water partition coefficient (Wildman–Crippen LogP) is 3.46. The van der Waals surface area contributed by atoms with E-state index in [2.05, 4.69) is 9.97 Å². The summed E-state index contributed by atoms with van der Waals surface area (Å²) in [7, 11) is -2.96. The number of sulfonamides is 1. The van der Waals surface area contributed by atoms with Crippen molar-refractivity contribution in [3.05, 3.63) is 113 Å². The van der Waals surface area contributed by atoms with Crippen LogP contribution in [0.5, 0.6) is 0 Å². The third-order valence-electron chi connectivity index (χ3n) is 5.93. The number of aromatic nitrogens is 4. The Morgan fingerprint density at radius 3 is 2.36 bits per heavy atom. The Morgan fingerprint density at radius 2 is 1.64 bits per heavy atom. The van der Waals surface area contributed by atoms with Gasteiger partial charge in [0.2, 0.25) is 0 Å². The van der Waals surface area contributed by atoms with Crippen LogP contribution >= 0.6 is 0 Å². The van der Waals surface area contributed by atoms with E-state index in [-0.39, 0.29) is 27.4 Å². The zero-order valence-electron chi connectivity index (χ0n) is 19.4. The molecule has 5 aromatic rings. The average molecular weight is 500 g/mol. The molecule has 0 unspecified atom stereocenters. The molecule has 5 rings (SSSR count). The average Bonchev–Trinajstić information content (AvgIpc) is 3.12. The minimum Gasteiger partial charge on any atom is -0.283 e. The number of rotatable bonds is 5. The molecular weight excluding hydrogens is 478 g/mol. The van der Waals surface area contributed by atoms with Gasteiger partial charge in [-0.1, -0.05) is 36.4 Å². The zero-order chi connectivity index (χ0) is 25.4. The van der Waals surface area contributed by atoms with Crippen molar-refractivity contribution in [2.24, 2.45) is 7.05 Å². The van der Waals surface area contributed by atoms with Gasteiger partial charge < -0.3 is 0 Å². The van der Waals surface area contributed by atoms with Crippen molar-refractivity contribution in [3.8, 4) is 5.69 Å². The monoisotopic (exact) mass is 499 g/mol. The summed E-state index contributed by atoms with van der Waals surface area (Å²) in [6.07, 6.45) is 4.21. The third kappa shape index (κ3) is 3.68. The molecule has 3 heterocycles. The van der Waals surface area contributed by atoms with Crippen LogP contribution in [0.15, 0.2) is 101 Å². The Labute approximate surface area is 206 Å². The topological polar surface area (TPSA) is 107 Å². The van der Waals surface area contributed by atoms with Gasteiger partial charge in [0.05, 0.1) is 22.5 Å². The number of para-hydroxylation sites is 2. The van der Waals surface area contributed by atoms with E-state index in [1.807, 2.05) is 0 Å². The first kappa shape index (κ1) is 23.2. The number of fused-ring (bicyclic) bond motifs is 1. The quantitative estimate of drug-likeness (QED) is 0.367. The maximum Gasteiger partial charge on any atom is 0.296 e. The number of carbonyl (C=O) groups excluding carboxylic acids is 1. The molecule has 0 bridgehead atoms. The van der Waals surface area contributed by atoms with Crippen LogP contribution in [-0.2, 0) is 17.1 Å².